The molecule has 2 aromatic rings. The predicted octanol–water partition coefficient (Wildman–Crippen LogP) is 2.34. The Kier molecular flexibility index (Phi) is 4.74. The van der Waals surface area contributed by atoms with Gasteiger partial charge in [-0.05, 0) is 32.1 Å². The molecule has 0 amide bonds. The van der Waals surface area contributed by atoms with Crippen molar-refractivity contribution >= 4 is 18.4 Å². The standard InChI is InChI=1S/C14H17N3O3S/c1-3-16-12(18)11(13(19)17(4-2)14(16)21)8-15-7-10-5-6-20-9-10/h5-6,8-9,18H,3-4,7H2,1-2H3. The van der Waals surface area contributed by atoms with Crippen LogP contribution in [0.15, 0.2) is 32.8 Å². The molecular weight excluding hydrogens is 290 g/mol. The van der Waals surface area contributed by atoms with Gasteiger partial charge in [-0.1, -0.05) is 0 Å². The van der Waals surface area contributed by atoms with E-state index in [2.05, 4.69) is 4.99 Å². The summed E-state index contributed by atoms with van der Waals surface area (Å²) in [5.74, 6) is -0.145. The lowest BCUT2D eigenvalue weighted by Crippen LogP contribution is -2.28. The van der Waals surface area contributed by atoms with Crippen LogP contribution in [0, 0.1) is 4.77 Å². The number of furan rings is 1. The smallest absolute Gasteiger partial charge is 0.267 e. The van der Waals surface area contributed by atoms with Crippen LogP contribution in [0.1, 0.15) is 25.0 Å². The molecule has 0 saturated heterocycles. The Balaban J connectivity index is 2.45. The summed E-state index contributed by atoms with van der Waals surface area (Å²) in [5.41, 5.74) is 0.709. The molecule has 6 nitrogen and oxygen atoms in total. The van der Waals surface area contributed by atoms with Gasteiger partial charge in [-0.15, -0.1) is 0 Å². The summed E-state index contributed by atoms with van der Waals surface area (Å²) in [6.07, 6.45) is 4.53. The zero-order valence-corrected chi connectivity index (χ0v) is 12.8. The molecule has 0 radical (unpaired) electrons. The van der Waals surface area contributed by atoms with Gasteiger partial charge in [-0.2, -0.15) is 0 Å². The maximum absolute atomic E-state index is 12.3. The molecule has 2 heterocycles. The first-order valence-corrected chi connectivity index (χ1v) is 7.08. The lowest BCUT2D eigenvalue weighted by atomic mass is 10.3. The van der Waals surface area contributed by atoms with Crippen molar-refractivity contribution < 1.29 is 9.52 Å². The normalized spacial score (nSPS) is 11.3. The molecule has 0 fully saturated rings. The molecule has 0 bridgehead atoms. The van der Waals surface area contributed by atoms with E-state index in [0.29, 0.717) is 24.4 Å². The molecule has 112 valence electrons. The fraction of sp³-hybridized carbons (Fsp3) is 0.357. The number of aliphatic imine (C=N–C) groups is 1. The second-order valence-corrected chi connectivity index (χ2v) is 4.78. The summed E-state index contributed by atoms with van der Waals surface area (Å²) in [7, 11) is 0. The van der Waals surface area contributed by atoms with E-state index >= 15 is 0 Å². The van der Waals surface area contributed by atoms with Gasteiger partial charge in [0, 0.05) is 24.9 Å². The fourth-order valence-corrected chi connectivity index (χ4v) is 2.44. The molecule has 0 saturated carbocycles. The van der Waals surface area contributed by atoms with E-state index in [9.17, 15) is 9.90 Å². The van der Waals surface area contributed by atoms with Crippen molar-refractivity contribution in [3.63, 3.8) is 0 Å². The van der Waals surface area contributed by atoms with Gasteiger partial charge in [0.2, 0.25) is 5.88 Å². The maximum atomic E-state index is 12.3. The molecule has 0 spiro atoms. The van der Waals surface area contributed by atoms with Gasteiger partial charge in [0.05, 0.1) is 19.1 Å². The minimum absolute atomic E-state index is 0.145. The quantitative estimate of drug-likeness (QED) is 0.680. The molecule has 2 aromatic heterocycles. The molecular formula is C14H17N3O3S. The Morgan fingerprint density at radius 2 is 2.10 bits per heavy atom. The van der Waals surface area contributed by atoms with Crippen LogP contribution < -0.4 is 5.56 Å². The highest BCUT2D eigenvalue weighted by atomic mass is 32.1. The Hall–Kier alpha value is -2.15. The minimum Gasteiger partial charge on any atom is -0.494 e. The summed E-state index contributed by atoms with van der Waals surface area (Å²) < 4.78 is 8.22. The van der Waals surface area contributed by atoms with Crippen LogP contribution in [0.25, 0.3) is 0 Å². The van der Waals surface area contributed by atoms with Crippen LogP contribution >= 0.6 is 12.2 Å². The van der Waals surface area contributed by atoms with Gasteiger partial charge in [-0.25, -0.2) is 0 Å². The highest BCUT2D eigenvalue weighted by Gasteiger charge is 2.13. The maximum Gasteiger partial charge on any atom is 0.267 e. The monoisotopic (exact) mass is 307 g/mol. The van der Waals surface area contributed by atoms with Crippen LogP contribution in [0.2, 0.25) is 0 Å². The van der Waals surface area contributed by atoms with Crippen molar-refractivity contribution in [3.05, 3.63) is 44.8 Å². The molecule has 0 atom stereocenters. The van der Waals surface area contributed by atoms with Crippen molar-refractivity contribution in [1.82, 2.24) is 9.13 Å². The minimum atomic E-state index is -0.333. The summed E-state index contributed by atoms with van der Waals surface area (Å²) in [6, 6.07) is 1.79. The Labute approximate surface area is 127 Å². The van der Waals surface area contributed by atoms with E-state index in [1.54, 1.807) is 18.6 Å². The first kappa shape index (κ1) is 15.2. The van der Waals surface area contributed by atoms with Crippen molar-refractivity contribution in [2.75, 3.05) is 0 Å². The number of aromatic hydroxyl groups is 1. The lowest BCUT2D eigenvalue weighted by Gasteiger charge is -2.13. The van der Waals surface area contributed by atoms with Crippen LogP contribution in [0.5, 0.6) is 5.88 Å². The first-order valence-electron chi connectivity index (χ1n) is 6.67. The SMILES string of the molecule is CCn1c(O)c(C=NCc2ccoc2)c(=O)n(CC)c1=S. The topological polar surface area (TPSA) is 72.7 Å². The third-order valence-electron chi connectivity index (χ3n) is 3.14. The molecule has 0 aliphatic heterocycles. The average molecular weight is 307 g/mol. The number of nitrogens with zero attached hydrogens (tertiary/aromatic N) is 3. The number of aromatic nitrogens is 2. The lowest BCUT2D eigenvalue weighted by molar-refractivity contribution is 0.399. The van der Waals surface area contributed by atoms with Gasteiger partial charge in [0.25, 0.3) is 5.56 Å². The Morgan fingerprint density at radius 1 is 1.38 bits per heavy atom. The molecule has 21 heavy (non-hydrogen) atoms. The Morgan fingerprint density at radius 3 is 2.67 bits per heavy atom. The average Bonchev–Trinajstić information content (AvgIpc) is 2.97. The third-order valence-corrected chi connectivity index (χ3v) is 3.58. The summed E-state index contributed by atoms with van der Waals surface area (Å²) >= 11 is 5.21. The van der Waals surface area contributed by atoms with Crippen molar-refractivity contribution in [2.24, 2.45) is 4.99 Å². The number of rotatable bonds is 5. The molecule has 0 aromatic carbocycles. The third kappa shape index (κ3) is 2.97. The van der Waals surface area contributed by atoms with Crippen LogP contribution in [0.4, 0.5) is 0 Å². The molecule has 0 aliphatic carbocycles. The van der Waals surface area contributed by atoms with E-state index < -0.39 is 0 Å². The highest BCUT2D eigenvalue weighted by Crippen LogP contribution is 2.13. The van der Waals surface area contributed by atoms with Crippen molar-refractivity contribution in [1.29, 1.82) is 0 Å². The van der Waals surface area contributed by atoms with Crippen molar-refractivity contribution in [2.45, 2.75) is 33.5 Å². The van der Waals surface area contributed by atoms with Gasteiger partial charge in [-0.3, -0.25) is 18.9 Å². The Bertz CT molecular complexity index is 757. The summed E-state index contributed by atoms with van der Waals surface area (Å²) in [4.78, 5) is 16.5. The van der Waals surface area contributed by atoms with Gasteiger partial charge >= 0.3 is 0 Å². The molecule has 0 aliphatic rings. The van der Waals surface area contributed by atoms with E-state index in [1.807, 2.05) is 13.8 Å². The van der Waals surface area contributed by atoms with Crippen LogP contribution in [-0.4, -0.2) is 20.5 Å². The number of hydrogen-bond acceptors (Lipinski definition) is 5. The van der Waals surface area contributed by atoms with Crippen LogP contribution in [-0.2, 0) is 19.6 Å². The molecule has 2 rings (SSSR count). The number of hydrogen-bond donors (Lipinski definition) is 1. The summed E-state index contributed by atoms with van der Waals surface area (Å²) in [5, 5.41) is 10.2. The zero-order chi connectivity index (χ0) is 15.4. The first-order chi connectivity index (χ1) is 10.1. The second kappa shape index (κ2) is 6.53. The highest BCUT2D eigenvalue weighted by molar-refractivity contribution is 7.71. The van der Waals surface area contributed by atoms with Gasteiger partial charge in [0.1, 0.15) is 5.56 Å². The molecule has 7 heteroatoms. The van der Waals surface area contributed by atoms with Gasteiger partial charge in [0.15, 0.2) is 4.77 Å². The largest absolute Gasteiger partial charge is 0.494 e. The molecule has 0 unspecified atom stereocenters. The van der Waals surface area contributed by atoms with E-state index in [4.69, 9.17) is 16.6 Å². The fourth-order valence-electron chi connectivity index (χ4n) is 2.01. The predicted molar refractivity (Wildman–Crippen MR) is 82.5 cm³/mol. The van der Waals surface area contributed by atoms with Gasteiger partial charge < -0.3 is 9.52 Å². The van der Waals surface area contributed by atoms with E-state index in [-0.39, 0.29) is 17.0 Å². The second-order valence-electron chi connectivity index (χ2n) is 4.41. The summed E-state index contributed by atoms with van der Waals surface area (Å²) in [6.45, 7) is 4.99. The van der Waals surface area contributed by atoms with E-state index in [1.165, 1.54) is 15.3 Å². The molecule has 1 N–H and O–H groups in total. The van der Waals surface area contributed by atoms with Crippen LogP contribution in [0.3, 0.4) is 0 Å². The van der Waals surface area contributed by atoms with Crippen molar-refractivity contribution in [3.8, 4) is 5.88 Å². The van der Waals surface area contributed by atoms with E-state index in [0.717, 1.165) is 5.56 Å². The zero-order valence-electron chi connectivity index (χ0n) is 11.9.